The fourth-order valence-electron chi connectivity index (χ4n) is 1.40. The normalized spacial score (nSPS) is 14.8. The average Bonchev–Trinajstić information content (AvgIpc) is 3.09. The number of nitrogens with one attached hydrogen (secondary N) is 1. The molecule has 2 N–H and O–H groups in total. The lowest BCUT2D eigenvalue weighted by atomic mass is 10.2. The molecule has 0 saturated heterocycles. The molecular formula is C12H15NO3. The summed E-state index contributed by atoms with van der Waals surface area (Å²) in [5, 5.41) is 11.9. The number of ether oxygens (including phenoxy) is 1. The molecule has 4 heteroatoms. The molecule has 0 aliphatic heterocycles. The Morgan fingerprint density at radius 1 is 1.38 bits per heavy atom. The number of hydrogen-bond acceptors (Lipinski definition) is 3. The van der Waals surface area contributed by atoms with Gasteiger partial charge in [0, 0.05) is 12.6 Å². The molecule has 16 heavy (non-hydrogen) atoms. The van der Waals surface area contributed by atoms with Gasteiger partial charge in [0.1, 0.15) is 5.75 Å². The maximum Gasteiger partial charge on any atom is 0.341 e. The van der Waals surface area contributed by atoms with Crippen LogP contribution < -0.4 is 10.1 Å². The second-order valence-electron chi connectivity index (χ2n) is 3.98. The first kappa shape index (κ1) is 11.0. The van der Waals surface area contributed by atoms with Crippen molar-refractivity contribution in [1.29, 1.82) is 0 Å². The average molecular weight is 221 g/mol. The van der Waals surface area contributed by atoms with E-state index in [4.69, 9.17) is 9.84 Å². The zero-order valence-electron chi connectivity index (χ0n) is 8.98. The minimum absolute atomic E-state index is 0.292. The van der Waals surface area contributed by atoms with Crippen molar-refractivity contribution in [2.45, 2.75) is 25.4 Å². The van der Waals surface area contributed by atoms with Crippen LogP contribution >= 0.6 is 0 Å². The van der Waals surface area contributed by atoms with Gasteiger partial charge in [0.05, 0.1) is 0 Å². The van der Waals surface area contributed by atoms with Gasteiger partial charge >= 0.3 is 5.97 Å². The van der Waals surface area contributed by atoms with Gasteiger partial charge in [-0.3, -0.25) is 0 Å². The van der Waals surface area contributed by atoms with Gasteiger partial charge in [-0.25, -0.2) is 4.79 Å². The van der Waals surface area contributed by atoms with E-state index in [-0.39, 0.29) is 6.61 Å². The van der Waals surface area contributed by atoms with Gasteiger partial charge < -0.3 is 15.2 Å². The molecule has 0 aromatic heterocycles. The van der Waals surface area contributed by atoms with Crippen molar-refractivity contribution in [3.05, 3.63) is 29.8 Å². The highest BCUT2D eigenvalue weighted by molar-refractivity contribution is 5.68. The van der Waals surface area contributed by atoms with Crippen molar-refractivity contribution in [2.75, 3.05) is 6.61 Å². The molecule has 1 aromatic carbocycles. The Labute approximate surface area is 94.2 Å². The lowest BCUT2D eigenvalue weighted by Gasteiger charge is -2.05. The number of carboxylic acids is 1. The van der Waals surface area contributed by atoms with Crippen LogP contribution in [0.3, 0.4) is 0 Å². The Morgan fingerprint density at radius 3 is 2.62 bits per heavy atom. The Kier molecular flexibility index (Phi) is 3.41. The first-order chi connectivity index (χ1) is 7.74. The summed E-state index contributed by atoms with van der Waals surface area (Å²) in [4.78, 5) is 10.3. The van der Waals surface area contributed by atoms with E-state index < -0.39 is 5.97 Å². The highest BCUT2D eigenvalue weighted by atomic mass is 16.5. The standard InChI is InChI=1S/C12H15NO3/c14-12(15)8-16-11-5-1-9(2-6-11)7-13-10-3-4-10/h1-2,5-6,10,13H,3-4,7-8H2,(H,14,15). The van der Waals surface area contributed by atoms with E-state index in [2.05, 4.69) is 5.32 Å². The second kappa shape index (κ2) is 4.99. The third-order valence-corrected chi connectivity index (χ3v) is 2.46. The van der Waals surface area contributed by atoms with Crippen LogP contribution in [0.25, 0.3) is 0 Å². The van der Waals surface area contributed by atoms with Crippen LogP contribution in [0.1, 0.15) is 18.4 Å². The number of hydrogen-bond donors (Lipinski definition) is 2. The summed E-state index contributed by atoms with van der Waals surface area (Å²) in [7, 11) is 0. The van der Waals surface area contributed by atoms with Crippen LogP contribution in [0.15, 0.2) is 24.3 Å². The monoisotopic (exact) mass is 221 g/mol. The fraction of sp³-hybridized carbons (Fsp3) is 0.417. The highest BCUT2D eigenvalue weighted by Gasteiger charge is 2.19. The van der Waals surface area contributed by atoms with Crippen molar-refractivity contribution in [3.8, 4) is 5.75 Å². The van der Waals surface area contributed by atoms with E-state index in [1.54, 1.807) is 12.1 Å². The van der Waals surface area contributed by atoms with Gasteiger partial charge in [0.15, 0.2) is 6.61 Å². The first-order valence-corrected chi connectivity index (χ1v) is 5.41. The number of rotatable bonds is 6. The molecule has 86 valence electrons. The number of carbonyl (C=O) groups is 1. The Balaban J connectivity index is 1.80. The maximum absolute atomic E-state index is 10.3. The van der Waals surface area contributed by atoms with Crippen LogP contribution in [0.2, 0.25) is 0 Å². The van der Waals surface area contributed by atoms with Crippen LogP contribution in [0.4, 0.5) is 0 Å². The van der Waals surface area contributed by atoms with E-state index in [0.29, 0.717) is 11.8 Å². The van der Waals surface area contributed by atoms with E-state index >= 15 is 0 Å². The molecule has 4 nitrogen and oxygen atoms in total. The molecule has 0 spiro atoms. The van der Waals surface area contributed by atoms with Crippen LogP contribution in [0.5, 0.6) is 5.75 Å². The van der Waals surface area contributed by atoms with Gasteiger partial charge in [-0.1, -0.05) is 12.1 Å². The van der Waals surface area contributed by atoms with Crippen LogP contribution in [-0.4, -0.2) is 23.7 Å². The molecule has 0 radical (unpaired) electrons. The molecule has 0 heterocycles. The lowest BCUT2D eigenvalue weighted by molar-refractivity contribution is -0.139. The molecule has 1 fully saturated rings. The molecular weight excluding hydrogens is 206 g/mol. The third kappa shape index (κ3) is 3.55. The third-order valence-electron chi connectivity index (χ3n) is 2.46. The summed E-state index contributed by atoms with van der Waals surface area (Å²) in [6.07, 6.45) is 2.56. The SMILES string of the molecule is O=C(O)COc1ccc(CNC2CC2)cc1. The fourth-order valence-corrected chi connectivity index (χ4v) is 1.40. The van der Waals surface area contributed by atoms with Crippen LogP contribution in [0, 0.1) is 0 Å². The van der Waals surface area contributed by atoms with Crippen molar-refractivity contribution >= 4 is 5.97 Å². The molecule has 1 aromatic rings. The van der Waals surface area contributed by atoms with Crippen molar-refractivity contribution in [1.82, 2.24) is 5.32 Å². The van der Waals surface area contributed by atoms with Gasteiger partial charge in [-0.15, -0.1) is 0 Å². The molecule has 1 saturated carbocycles. The van der Waals surface area contributed by atoms with Crippen LogP contribution in [-0.2, 0) is 11.3 Å². The Morgan fingerprint density at radius 2 is 2.06 bits per heavy atom. The second-order valence-corrected chi connectivity index (χ2v) is 3.98. The molecule has 1 aliphatic rings. The van der Waals surface area contributed by atoms with E-state index in [1.165, 1.54) is 18.4 Å². The quantitative estimate of drug-likeness (QED) is 0.762. The predicted octanol–water partition coefficient (Wildman–Crippen LogP) is 1.40. The number of carboxylic acid groups (broad SMARTS) is 1. The van der Waals surface area contributed by atoms with Crippen molar-refractivity contribution in [3.63, 3.8) is 0 Å². The van der Waals surface area contributed by atoms with E-state index in [1.807, 2.05) is 12.1 Å². The largest absolute Gasteiger partial charge is 0.482 e. The minimum atomic E-state index is -0.959. The van der Waals surface area contributed by atoms with E-state index in [9.17, 15) is 4.79 Å². The predicted molar refractivity (Wildman–Crippen MR) is 59.4 cm³/mol. The zero-order chi connectivity index (χ0) is 11.4. The molecule has 0 atom stereocenters. The van der Waals surface area contributed by atoms with Gasteiger partial charge in [-0.05, 0) is 30.5 Å². The van der Waals surface area contributed by atoms with Gasteiger partial charge in [0.2, 0.25) is 0 Å². The topological polar surface area (TPSA) is 58.6 Å². The zero-order valence-corrected chi connectivity index (χ0v) is 8.98. The maximum atomic E-state index is 10.3. The molecule has 0 amide bonds. The smallest absolute Gasteiger partial charge is 0.341 e. The number of aliphatic carboxylic acids is 1. The minimum Gasteiger partial charge on any atom is -0.482 e. The summed E-state index contributed by atoms with van der Waals surface area (Å²) in [6, 6.07) is 8.20. The molecule has 2 rings (SSSR count). The molecule has 0 unspecified atom stereocenters. The Hall–Kier alpha value is -1.55. The highest BCUT2D eigenvalue weighted by Crippen LogP contribution is 2.19. The van der Waals surface area contributed by atoms with Crippen molar-refractivity contribution < 1.29 is 14.6 Å². The summed E-state index contributed by atoms with van der Waals surface area (Å²) < 4.78 is 5.04. The number of benzene rings is 1. The Bertz CT molecular complexity index is 357. The summed E-state index contributed by atoms with van der Waals surface area (Å²) in [5.41, 5.74) is 1.19. The summed E-state index contributed by atoms with van der Waals surface area (Å²) in [6.45, 7) is 0.573. The van der Waals surface area contributed by atoms with Crippen molar-refractivity contribution in [2.24, 2.45) is 0 Å². The summed E-state index contributed by atoms with van der Waals surface area (Å²) >= 11 is 0. The lowest BCUT2D eigenvalue weighted by Crippen LogP contribution is -2.15. The first-order valence-electron chi connectivity index (χ1n) is 5.41. The molecule has 0 bridgehead atoms. The summed E-state index contributed by atoms with van der Waals surface area (Å²) in [5.74, 6) is -0.364. The molecule has 1 aliphatic carbocycles. The van der Waals surface area contributed by atoms with E-state index in [0.717, 1.165) is 6.54 Å². The van der Waals surface area contributed by atoms with Gasteiger partial charge in [0.25, 0.3) is 0 Å². The van der Waals surface area contributed by atoms with Gasteiger partial charge in [-0.2, -0.15) is 0 Å².